The molecular weight excluding hydrogens is 182 g/mol. The summed E-state index contributed by atoms with van der Waals surface area (Å²) in [7, 11) is 1.62. The van der Waals surface area contributed by atoms with E-state index in [2.05, 4.69) is 5.32 Å². The quantitative estimate of drug-likeness (QED) is 0.493. The van der Waals surface area contributed by atoms with Crippen LogP contribution in [0.4, 0.5) is 0 Å². The minimum Gasteiger partial charge on any atom is -0.434 e. The highest BCUT2D eigenvalue weighted by atomic mass is 16.5. The van der Waals surface area contributed by atoms with Crippen molar-refractivity contribution in [2.75, 3.05) is 7.05 Å². The Labute approximate surface area is 85.0 Å². The summed E-state index contributed by atoms with van der Waals surface area (Å²) in [6.45, 7) is 3.75. The molecule has 0 saturated heterocycles. The van der Waals surface area contributed by atoms with Gasteiger partial charge in [-0.05, 0) is 26.0 Å². The predicted octanol–water partition coefficient (Wildman–Crippen LogP) is 0.812. The van der Waals surface area contributed by atoms with E-state index in [0.29, 0.717) is 6.42 Å². The van der Waals surface area contributed by atoms with Crippen LogP contribution in [-0.2, 0) is 9.53 Å². The number of hydrogen-bond acceptors (Lipinski definition) is 4. The van der Waals surface area contributed by atoms with Gasteiger partial charge in [-0.2, -0.15) is 0 Å². The van der Waals surface area contributed by atoms with Gasteiger partial charge in [0.1, 0.15) is 6.04 Å². The van der Waals surface area contributed by atoms with Crippen molar-refractivity contribution in [3.8, 4) is 0 Å². The van der Waals surface area contributed by atoms with Crippen LogP contribution in [0.5, 0.6) is 0 Å². The van der Waals surface area contributed by atoms with Crippen molar-refractivity contribution in [3.63, 3.8) is 0 Å². The maximum absolute atomic E-state index is 11.4. The molecule has 4 heteroatoms. The molecule has 0 spiro atoms. The van der Waals surface area contributed by atoms with Crippen LogP contribution >= 0.6 is 0 Å². The molecule has 0 aliphatic carbocycles. The molecule has 14 heavy (non-hydrogen) atoms. The number of allylic oxidation sites excluding steroid dienone is 1. The van der Waals surface area contributed by atoms with Gasteiger partial charge in [0.15, 0.2) is 0 Å². The second-order valence-corrected chi connectivity index (χ2v) is 2.96. The third-order valence-electron chi connectivity index (χ3n) is 1.88. The molecule has 0 aromatic carbocycles. The lowest BCUT2D eigenvalue weighted by molar-refractivity contribution is -0.143. The van der Waals surface area contributed by atoms with Crippen molar-refractivity contribution in [2.24, 2.45) is 0 Å². The van der Waals surface area contributed by atoms with Gasteiger partial charge in [-0.25, -0.2) is 4.79 Å². The van der Waals surface area contributed by atoms with E-state index in [-0.39, 0.29) is 0 Å². The Kier molecular flexibility index (Phi) is 7.06. The molecule has 82 valence electrons. The normalized spacial score (nSPS) is 15.4. The van der Waals surface area contributed by atoms with E-state index in [1.54, 1.807) is 13.1 Å². The van der Waals surface area contributed by atoms with Gasteiger partial charge < -0.3 is 15.2 Å². The Morgan fingerprint density at radius 3 is 2.64 bits per heavy atom. The van der Waals surface area contributed by atoms with Gasteiger partial charge in [0.25, 0.3) is 0 Å². The van der Waals surface area contributed by atoms with Crippen LogP contribution in [0.25, 0.3) is 0 Å². The van der Waals surface area contributed by atoms with E-state index in [1.165, 1.54) is 6.26 Å². The van der Waals surface area contributed by atoms with Gasteiger partial charge in [-0.1, -0.05) is 13.8 Å². The Hall–Kier alpha value is -0.870. The predicted molar refractivity (Wildman–Crippen MR) is 54.7 cm³/mol. The second-order valence-electron chi connectivity index (χ2n) is 2.96. The molecule has 2 N–H and O–H groups in total. The monoisotopic (exact) mass is 201 g/mol. The van der Waals surface area contributed by atoms with E-state index in [1.807, 2.05) is 13.8 Å². The highest BCUT2D eigenvalue weighted by molar-refractivity contribution is 5.77. The molecule has 0 radical (unpaired) electrons. The molecule has 0 aromatic rings. The lowest BCUT2D eigenvalue weighted by atomic mass is 10.1. The van der Waals surface area contributed by atoms with E-state index < -0.39 is 18.1 Å². The van der Waals surface area contributed by atoms with Gasteiger partial charge >= 0.3 is 5.97 Å². The van der Waals surface area contributed by atoms with Crippen molar-refractivity contribution >= 4 is 5.97 Å². The van der Waals surface area contributed by atoms with Crippen molar-refractivity contribution in [2.45, 2.75) is 38.8 Å². The second kappa shape index (κ2) is 7.53. The van der Waals surface area contributed by atoms with Crippen LogP contribution < -0.4 is 5.32 Å². The molecule has 0 aromatic heterocycles. The van der Waals surface area contributed by atoms with Gasteiger partial charge in [-0.15, -0.1) is 0 Å². The molecule has 0 amide bonds. The summed E-state index contributed by atoms with van der Waals surface area (Å²) >= 11 is 0. The van der Waals surface area contributed by atoms with Crippen LogP contribution in [0, 0.1) is 0 Å². The van der Waals surface area contributed by atoms with E-state index >= 15 is 0 Å². The number of ether oxygens (including phenoxy) is 1. The summed E-state index contributed by atoms with van der Waals surface area (Å²) in [6.07, 6.45) is 3.71. The molecule has 0 rings (SSSR count). The average Bonchev–Trinajstić information content (AvgIpc) is 2.19. The number of carbonyl (C=O) groups excluding carboxylic acids is 1. The summed E-state index contributed by atoms with van der Waals surface area (Å²) in [4.78, 5) is 11.4. The summed E-state index contributed by atoms with van der Waals surface area (Å²) in [5.74, 6) is -0.452. The SMILES string of the molecule is CC/C=C/OC(=O)[C@@H](NC)[C@H](O)CC. The minimum absolute atomic E-state index is 0.452. The fourth-order valence-corrected chi connectivity index (χ4v) is 0.988. The Morgan fingerprint density at radius 1 is 1.57 bits per heavy atom. The number of aliphatic hydroxyl groups excluding tert-OH is 1. The lowest BCUT2D eigenvalue weighted by Crippen LogP contribution is -2.44. The molecule has 0 saturated carbocycles. The number of rotatable bonds is 6. The van der Waals surface area contributed by atoms with Gasteiger partial charge in [0.05, 0.1) is 12.4 Å². The number of hydrogen-bond donors (Lipinski definition) is 2. The smallest absolute Gasteiger partial charge is 0.330 e. The molecule has 0 heterocycles. The zero-order valence-electron chi connectivity index (χ0n) is 8.99. The van der Waals surface area contributed by atoms with Gasteiger partial charge in [0, 0.05) is 0 Å². The lowest BCUT2D eigenvalue weighted by Gasteiger charge is -2.18. The first-order valence-electron chi connectivity index (χ1n) is 4.88. The number of carbonyl (C=O) groups is 1. The molecule has 4 nitrogen and oxygen atoms in total. The maximum atomic E-state index is 11.4. The first kappa shape index (κ1) is 13.1. The first-order valence-corrected chi connectivity index (χ1v) is 4.88. The molecule has 0 unspecified atom stereocenters. The fraction of sp³-hybridized carbons (Fsp3) is 0.700. The van der Waals surface area contributed by atoms with Crippen LogP contribution in [-0.4, -0.2) is 30.3 Å². The Morgan fingerprint density at radius 2 is 2.21 bits per heavy atom. The molecule has 2 atom stereocenters. The zero-order valence-corrected chi connectivity index (χ0v) is 8.99. The number of likely N-dealkylation sites (N-methyl/N-ethyl adjacent to an activating group) is 1. The van der Waals surface area contributed by atoms with E-state index in [4.69, 9.17) is 4.74 Å². The summed E-state index contributed by atoms with van der Waals surface area (Å²) in [6, 6.07) is -0.651. The highest BCUT2D eigenvalue weighted by Crippen LogP contribution is 2.01. The largest absolute Gasteiger partial charge is 0.434 e. The topological polar surface area (TPSA) is 58.6 Å². The van der Waals surface area contributed by atoms with E-state index in [0.717, 1.165) is 6.42 Å². The fourth-order valence-electron chi connectivity index (χ4n) is 0.988. The summed E-state index contributed by atoms with van der Waals surface area (Å²) in [5, 5.41) is 12.2. The van der Waals surface area contributed by atoms with Crippen LogP contribution in [0.2, 0.25) is 0 Å². The first-order chi connectivity index (χ1) is 6.67. The molecule has 0 aliphatic rings. The van der Waals surface area contributed by atoms with Crippen molar-refractivity contribution < 1.29 is 14.6 Å². The molecule has 0 aliphatic heterocycles. The van der Waals surface area contributed by atoms with Crippen LogP contribution in [0.15, 0.2) is 12.3 Å². The van der Waals surface area contributed by atoms with Gasteiger partial charge in [-0.3, -0.25) is 0 Å². The minimum atomic E-state index is -0.706. The maximum Gasteiger partial charge on any atom is 0.330 e. The summed E-state index contributed by atoms with van der Waals surface area (Å²) < 4.78 is 4.82. The van der Waals surface area contributed by atoms with Crippen molar-refractivity contribution in [1.29, 1.82) is 0 Å². The molecule has 0 bridgehead atoms. The average molecular weight is 201 g/mol. The highest BCUT2D eigenvalue weighted by Gasteiger charge is 2.24. The summed E-state index contributed by atoms with van der Waals surface area (Å²) in [5.41, 5.74) is 0. The van der Waals surface area contributed by atoms with Crippen molar-refractivity contribution in [1.82, 2.24) is 5.32 Å². The van der Waals surface area contributed by atoms with Crippen LogP contribution in [0.3, 0.4) is 0 Å². The number of esters is 1. The number of nitrogens with one attached hydrogen (secondary N) is 1. The zero-order chi connectivity index (χ0) is 11.0. The third kappa shape index (κ3) is 4.39. The Bertz CT molecular complexity index is 192. The van der Waals surface area contributed by atoms with Gasteiger partial charge in [0.2, 0.25) is 0 Å². The molecular formula is C10H19NO3. The number of aliphatic hydroxyl groups is 1. The van der Waals surface area contributed by atoms with E-state index in [9.17, 15) is 9.90 Å². The van der Waals surface area contributed by atoms with Crippen molar-refractivity contribution in [3.05, 3.63) is 12.3 Å². The third-order valence-corrected chi connectivity index (χ3v) is 1.88. The standard InChI is InChI=1S/C10H19NO3/c1-4-6-7-14-10(13)9(11-3)8(12)5-2/h6-9,11-12H,4-5H2,1-3H3/b7-6+/t8-,9+/m1/s1. The molecule has 0 fully saturated rings. The Balaban J connectivity index is 4.10. The van der Waals surface area contributed by atoms with Crippen LogP contribution in [0.1, 0.15) is 26.7 Å².